The number of rotatable bonds is 7. The normalized spacial score (nSPS) is 13.1. The van der Waals surface area contributed by atoms with Gasteiger partial charge in [0.1, 0.15) is 5.75 Å². The first-order valence-corrected chi connectivity index (χ1v) is 6.97. The molecule has 3 N–H and O–H groups in total. The van der Waals surface area contributed by atoms with Crippen molar-refractivity contribution < 1.29 is 19.4 Å². The van der Waals surface area contributed by atoms with Crippen LogP contribution in [0.15, 0.2) is 24.3 Å². The average Bonchev–Trinajstić information content (AvgIpc) is 2.45. The summed E-state index contributed by atoms with van der Waals surface area (Å²) in [5.41, 5.74) is 0.617. The van der Waals surface area contributed by atoms with Crippen molar-refractivity contribution in [2.75, 3.05) is 11.9 Å². The van der Waals surface area contributed by atoms with E-state index in [4.69, 9.17) is 9.84 Å². The first-order valence-electron chi connectivity index (χ1n) is 6.97. The van der Waals surface area contributed by atoms with Crippen LogP contribution in [0.1, 0.15) is 27.2 Å². The van der Waals surface area contributed by atoms with Crippen LogP contribution in [0.25, 0.3) is 0 Å². The number of carbonyl (C=O) groups excluding carboxylic acids is 1. The van der Waals surface area contributed by atoms with Gasteiger partial charge in [-0.05, 0) is 44.5 Å². The number of amides is 2. The molecule has 2 atom stereocenters. The molecular formula is C15H22N2O4. The van der Waals surface area contributed by atoms with Gasteiger partial charge in [0.05, 0.1) is 12.5 Å². The summed E-state index contributed by atoms with van der Waals surface area (Å²) in [6.45, 7) is 5.88. The molecule has 1 aromatic rings. The lowest BCUT2D eigenvalue weighted by molar-refractivity contribution is -0.141. The molecule has 0 aromatic heterocycles. The lowest BCUT2D eigenvalue weighted by atomic mass is 10.0. The third-order valence-electron chi connectivity index (χ3n) is 3.08. The maximum absolute atomic E-state index is 11.8. The van der Waals surface area contributed by atoms with Gasteiger partial charge < -0.3 is 20.5 Å². The summed E-state index contributed by atoms with van der Waals surface area (Å²) in [6, 6.07) is 6.11. The molecule has 0 aliphatic heterocycles. The zero-order valence-corrected chi connectivity index (χ0v) is 12.6. The number of carboxylic acids is 1. The molecule has 0 saturated carbocycles. The highest BCUT2D eigenvalue weighted by Gasteiger charge is 2.20. The fourth-order valence-electron chi connectivity index (χ4n) is 1.57. The molecule has 0 aliphatic rings. The van der Waals surface area contributed by atoms with Gasteiger partial charge in [-0.2, -0.15) is 0 Å². The Hall–Kier alpha value is -2.24. The Balaban J connectivity index is 2.49. The maximum Gasteiger partial charge on any atom is 0.319 e. The fourth-order valence-corrected chi connectivity index (χ4v) is 1.57. The quantitative estimate of drug-likeness (QED) is 0.721. The van der Waals surface area contributed by atoms with Gasteiger partial charge in [-0.15, -0.1) is 0 Å². The molecule has 6 nitrogen and oxygen atoms in total. The number of carboxylic acid groups (broad SMARTS) is 1. The molecule has 0 bridgehead atoms. The summed E-state index contributed by atoms with van der Waals surface area (Å²) in [6.07, 6.45) is 0.933. The van der Waals surface area contributed by atoms with E-state index < -0.39 is 24.0 Å². The summed E-state index contributed by atoms with van der Waals surface area (Å²) in [5, 5.41) is 14.1. The van der Waals surface area contributed by atoms with E-state index >= 15 is 0 Å². The molecule has 0 heterocycles. The van der Waals surface area contributed by atoms with Crippen molar-refractivity contribution in [2.24, 2.45) is 5.92 Å². The minimum Gasteiger partial charge on any atom is -0.494 e. The Labute approximate surface area is 124 Å². The van der Waals surface area contributed by atoms with Crippen LogP contribution < -0.4 is 15.4 Å². The first kappa shape index (κ1) is 16.8. The number of benzene rings is 1. The molecule has 21 heavy (non-hydrogen) atoms. The van der Waals surface area contributed by atoms with Crippen LogP contribution in [0.4, 0.5) is 10.5 Å². The molecule has 0 saturated heterocycles. The van der Waals surface area contributed by atoms with Crippen LogP contribution in [0, 0.1) is 5.92 Å². The number of hydrogen-bond donors (Lipinski definition) is 3. The molecule has 1 rings (SSSR count). The zero-order valence-electron chi connectivity index (χ0n) is 12.6. The van der Waals surface area contributed by atoms with Crippen molar-refractivity contribution >= 4 is 17.7 Å². The number of nitrogens with one attached hydrogen (secondary N) is 2. The highest BCUT2D eigenvalue weighted by molar-refractivity contribution is 5.89. The molecule has 0 spiro atoms. The van der Waals surface area contributed by atoms with Gasteiger partial charge in [-0.25, -0.2) is 4.79 Å². The Bertz CT molecular complexity index is 473. The van der Waals surface area contributed by atoms with Gasteiger partial charge in [0.25, 0.3) is 0 Å². The number of hydrogen-bond acceptors (Lipinski definition) is 3. The average molecular weight is 294 g/mol. The molecular weight excluding hydrogens is 272 g/mol. The molecule has 0 radical (unpaired) electrons. The molecule has 116 valence electrons. The van der Waals surface area contributed by atoms with Crippen LogP contribution in [0.3, 0.4) is 0 Å². The van der Waals surface area contributed by atoms with Gasteiger partial charge >= 0.3 is 12.0 Å². The monoisotopic (exact) mass is 294 g/mol. The van der Waals surface area contributed by atoms with Crippen molar-refractivity contribution in [1.29, 1.82) is 0 Å². The zero-order chi connectivity index (χ0) is 15.8. The van der Waals surface area contributed by atoms with Gasteiger partial charge in [0, 0.05) is 11.7 Å². The van der Waals surface area contributed by atoms with E-state index in [1.165, 1.54) is 0 Å². The highest BCUT2D eigenvalue weighted by Crippen LogP contribution is 2.15. The fraction of sp³-hybridized carbons (Fsp3) is 0.467. The van der Waals surface area contributed by atoms with Gasteiger partial charge in [-0.1, -0.05) is 6.92 Å². The number of anilines is 1. The second-order valence-electron chi connectivity index (χ2n) is 4.89. The number of urea groups is 1. The van der Waals surface area contributed by atoms with E-state index in [1.54, 1.807) is 38.1 Å². The lowest BCUT2D eigenvalue weighted by Gasteiger charge is -2.18. The predicted octanol–water partition coefficient (Wildman–Crippen LogP) is 2.71. The maximum atomic E-state index is 11.8. The predicted molar refractivity (Wildman–Crippen MR) is 80.6 cm³/mol. The molecule has 0 aliphatic carbocycles. The Morgan fingerprint density at radius 1 is 1.24 bits per heavy atom. The smallest absolute Gasteiger partial charge is 0.319 e. The molecule has 2 amide bonds. The van der Waals surface area contributed by atoms with Gasteiger partial charge in [-0.3, -0.25) is 4.79 Å². The number of ether oxygens (including phenoxy) is 1. The van der Waals surface area contributed by atoms with Crippen LogP contribution >= 0.6 is 0 Å². The topological polar surface area (TPSA) is 87.7 Å². The van der Waals surface area contributed by atoms with Crippen LogP contribution in [0.5, 0.6) is 5.75 Å². The molecule has 6 heteroatoms. The second-order valence-corrected chi connectivity index (χ2v) is 4.89. The summed E-state index contributed by atoms with van der Waals surface area (Å²) in [4.78, 5) is 22.6. The third kappa shape index (κ3) is 5.72. The van der Waals surface area contributed by atoms with Crippen LogP contribution in [0.2, 0.25) is 0 Å². The van der Waals surface area contributed by atoms with E-state index in [-0.39, 0.29) is 0 Å². The summed E-state index contributed by atoms with van der Waals surface area (Å²) < 4.78 is 5.44. The van der Waals surface area contributed by atoms with E-state index in [0.29, 0.717) is 12.3 Å². The standard InChI is InChI=1S/C15H22N2O4/c1-4-9-21-13-7-5-12(6-8-13)17-15(20)16-11(3)10(2)14(18)19/h5-8,10-11H,4,9H2,1-3H3,(H,18,19)(H2,16,17,20). The molecule has 2 unspecified atom stereocenters. The minimum atomic E-state index is -0.944. The van der Waals surface area contributed by atoms with Crippen molar-refractivity contribution in [1.82, 2.24) is 5.32 Å². The van der Waals surface area contributed by atoms with Crippen molar-refractivity contribution in [3.05, 3.63) is 24.3 Å². The minimum absolute atomic E-state index is 0.433. The summed E-state index contributed by atoms with van der Waals surface area (Å²) >= 11 is 0. The molecule has 0 fully saturated rings. The largest absolute Gasteiger partial charge is 0.494 e. The lowest BCUT2D eigenvalue weighted by Crippen LogP contribution is -2.42. The Morgan fingerprint density at radius 2 is 1.86 bits per heavy atom. The van der Waals surface area contributed by atoms with E-state index in [9.17, 15) is 9.59 Å². The number of carbonyl (C=O) groups is 2. The summed E-state index contributed by atoms with van der Waals surface area (Å²) in [7, 11) is 0. The van der Waals surface area contributed by atoms with E-state index in [2.05, 4.69) is 10.6 Å². The highest BCUT2D eigenvalue weighted by atomic mass is 16.5. The van der Waals surface area contributed by atoms with Crippen molar-refractivity contribution in [3.8, 4) is 5.75 Å². The summed E-state index contributed by atoms with van der Waals surface area (Å²) in [5.74, 6) is -0.850. The van der Waals surface area contributed by atoms with Gasteiger partial charge in [0.2, 0.25) is 0 Å². The van der Waals surface area contributed by atoms with E-state index in [0.717, 1.165) is 12.2 Å². The van der Waals surface area contributed by atoms with Gasteiger partial charge in [0.15, 0.2) is 0 Å². The Morgan fingerprint density at radius 3 is 2.38 bits per heavy atom. The number of aliphatic carboxylic acids is 1. The molecule has 1 aromatic carbocycles. The second kappa shape index (κ2) is 8.14. The van der Waals surface area contributed by atoms with Crippen molar-refractivity contribution in [3.63, 3.8) is 0 Å². The SMILES string of the molecule is CCCOc1ccc(NC(=O)NC(C)C(C)C(=O)O)cc1. The van der Waals surface area contributed by atoms with E-state index in [1.807, 2.05) is 6.92 Å². The van der Waals surface area contributed by atoms with Crippen LogP contribution in [-0.2, 0) is 4.79 Å². The third-order valence-corrected chi connectivity index (χ3v) is 3.08. The van der Waals surface area contributed by atoms with Crippen LogP contribution in [-0.4, -0.2) is 29.8 Å². The first-order chi connectivity index (χ1) is 9.93. The Kier molecular flexibility index (Phi) is 6.52. The van der Waals surface area contributed by atoms with Crippen molar-refractivity contribution in [2.45, 2.75) is 33.2 Å².